The number of nitrogens with one attached hydrogen (secondary N) is 1. The van der Waals surface area contributed by atoms with Crippen molar-refractivity contribution < 1.29 is 9.47 Å². The first-order valence-corrected chi connectivity index (χ1v) is 11.5. The van der Waals surface area contributed by atoms with Gasteiger partial charge in [-0.05, 0) is 53.1 Å². The lowest BCUT2D eigenvalue weighted by Gasteiger charge is -2.24. The number of hydrogen-bond donors (Lipinski definition) is 1. The summed E-state index contributed by atoms with van der Waals surface area (Å²) in [6, 6.07) is 17.7. The molecule has 9 nitrogen and oxygen atoms in total. The molecule has 2 aromatic heterocycles. The van der Waals surface area contributed by atoms with Gasteiger partial charge < -0.3 is 14.5 Å². The second kappa shape index (κ2) is 10.1. The summed E-state index contributed by atoms with van der Waals surface area (Å²) in [5.74, 6) is 1.50. The van der Waals surface area contributed by atoms with Crippen LogP contribution in [0.2, 0.25) is 0 Å². The minimum atomic E-state index is -0.0983. The van der Waals surface area contributed by atoms with Crippen molar-refractivity contribution in [1.29, 1.82) is 0 Å². The predicted octanol–water partition coefficient (Wildman–Crippen LogP) is 2.75. The van der Waals surface area contributed by atoms with E-state index in [1.165, 1.54) is 0 Å². The highest BCUT2D eigenvalue weighted by Gasteiger charge is 2.22. The number of nitrogens with zero attached hydrogens (tertiary/aromatic N) is 5. The summed E-state index contributed by atoms with van der Waals surface area (Å²) in [4.78, 5) is 18.1. The number of fused-ring (bicyclic) bond motifs is 1. The van der Waals surface area contributed by atoms with Crippen LogP contribution in [0.3, 0.4) is 0 Å². The fourth-order valence-corrected chi connectivity index (χ4v) is 4.39. The Morgan fingerprint density at radius 3 is 2.85 bits per heavy atom. The molecule has 0 unspecified atom stereocenters. The highest BCUT2D eigenvalue weighted by molar-refractivity contribution is 5.80. The first-order valence-electron chi connectivity index (χ1n) is 11.5. The molecule has 1 saturated heterocycles. The zero-order valence-corrected chi connectivity index (χ0v) is 19.2. The van der Waals surface area contributed by atoms with Gasteiger partial charge in [0.1, 0.15) is 5.75 Å². The number of rotatable bonds is 9. The van der Waals surface area contributed by atoms with E-state index < -0.39 is 0 Å². The molecule has 0 amide bonds. The van der Waals surface area contributed by atoms with Gasteiger partial charge in [-0.25, -0.2) is 4.68 Å². The monoisotopic (exact) mass is 460 g/mol. The molecule has 9 heteroatoms. The number of methoxy groups -OCH3 is 1. The summed E-state index contributed by atoms with van der Waals surface area (Å²) < 4.78 is 13.1. The molecule has 34 heavy (non-hydrogen) atoms. The van der Waals surface area contributed by atoms with Crippen LogP contribution in [-0.4, -0.2) is 56.5 Å². The second-order valence-corrected chi connectivity index (χ2v) is 8.62. The molecule has 1 aliphatic rings. The van der Waals surface area contributed by atoms with Gasteiger partial charge >= 0.3 is 0 Å². The first-order chi connectivity index (χ1) is 16.7. The number of tetrazole rings is 1. The van der Waals surface area contributed by atoms with E-state index in [1.807, 2.05) is 47.1 Å². The van der Waals surface area contributed by atoms with Gasteiger partial charge in [0, 0.05) is 36.2 Å². The maximum Gasteiger partial charge on any atom is 0.252 e. The van der Waals surface area contributed by atoms with Crippen molar-refractivity contribution in [3.05, 3.63) is 81.9 Å². The van der Waals surface area contributed by atoms with Gasteiger partial charge in [0.05, 0.1) is 26.3 Å². The van der Waals surface area contributed by atoms with Crippen LogP contribution in [0, 0.1) is 0 Å². The van der Waals surface area contributed by atoms with Gasteiger partial charge in [0.15, 0.2) is 5.82 Å². The second-order valence-electron chi connectivity index (χ2n) is 8.62. The van der Waals surface area contributed by atoms with E-state index in [0.29, 0.717) is 31.7 Å². The highest BCUT2D eigenvalue weighted by Crippen LogP contribution is 2.21. The molecule has 1 atom stereocenters. The zero-order valence-electron chi connectivity index (χ0n) is 19.2. The minimum Gasteiger partial charge on any atom is -0.497 e. The molecule has 0 saturated carbocycles. The molecule has 0 spiro atoms. The number of pyridine rings is 1. The number of aromatic amines is 1. The summed E-state index contributed by atoms with van der Waals surface area (Å²) in [7, 11) is 1.64. The predicted molar refractivity (Wildman–Crippen MR) is 128 cm³/mol. The van der Waals surface area contributed by atoms with Crippen LogP contribution >= 0.6 is 0 Å². The lowest BCUT2D eigenvalue weighted by Crippen LogP contribution is -2.34. The Labute approximate surface area is 197 Å². The Bertz CT molecular complexity index is 1300. The van der Waals surface area contributed by atoms with Crippen LogP contribution in [0.15, 0.2) is 59.4 Å². The van der Waals surface area contributed by atoms with Crippen molar-refractivity contribution in [2.75, 3.05) is 20.3 Å². The van der Waals surface area contributed by atoms with Crippen LogP contribution in [0.1, 0.15) is 29.8 Å². The lowest BCUT2D eigenvalue weighted by atomic mass is 10.1. The third-order valence-corrected chi connectivity index (χ3v) is 6.15. The van der Waals surface area contributed by atoms with Crippen molar-refractivity contribution >= 4 is 10.9 Å². The minimum absolute atomic E-state index is 0.0983. The van der Waals surface area contributed by atoms with Crippen LogP contribution in [-0.2, 0) is 24.4 Å². The normalized spacial score (nSPS) is 15.9. The lowest BCUT2D eigenvalue weighted by molar-refractivity contribution is 0.0663. The van der Waals surface area contributed by atoms with Crippen molar-refractivity contribution in [1.82, 2.24) is 30.1 Å². The molecule has 0 radical (unpaired) electrons. The smallest absolute Gasteiger partial charge is 0.252 e. The topological polar surface area (TPSA) is 98.2 Å². The Balaban J connectivity index is 1.40. The van der Waals surface area contributed by atoms with Crippen molar-refractivity contribution in [3.8, 4) is 5.75 Å². The van der Waals surface area contributed by atoms with Crippen molar-refractivity contribution in [3.63, 3.8) is 0 Å². The quantitative estimate of drug-likeness (QED) is 0.410. The number of H-pyrrole nitrogens is 1. The molecular formula is C25H28N6O3. The SMILES string of the molecule is COc1ccc2[nH]c(=O)c(CN(Cc3nnnn3Cc3ccccc3)C[C@@H]3CCCO3)cc2c1. The summed E-state index contributed by atoms with van der Waals surface area (Å²) >= 11 is 0. The number of benzene rings is 2. The van der Waals surface area contributed by atoms with E-state index in [2.05, 4.69) is 37.5 Å². The van der Waals surface area contributed by atoms with Crippen molar-refractivity contribution in [2.45, 2.75) is 38.6 Å². The fraction of sp³-hybridized carbons (Fsp3) is 0.360. The Hall–Kier alpha value is -3.56. The molecule has 0 bridgehead atoms. The average Bonchev–Trinajstić information content (AvgIpc) is 3.52. The van der Waals surface area contributed by atoms with Gasteiger partial charge in [0.2, 0.25) is 0 Å². The summed E-state index contributed by atoms with van der Waals surface area (Å²) in [6.45, 7) is 3.04. The van der Waals surface area contributed by atoms with E-state index in [0.717, 1.165) is 47.5 Å². The maximum absolute atomic E-state index is 12.9. The number of aromatic nitrogens is 5. The van der Waals surface area contributed by atoms with Crippen LogP contribution in [0.5, 0.6) is 5.75 Å². The summed E-state index contributed by atoms with van der Waals surface area (Å²) in [5.41, 5.74) is 2.49. The van der Waals surface area contributed by atoms with E-state index >= 15 is 0 Å². The van der Waals surface area contributed by atoms with Gasteiger partial charge in [-0.3, -0.25) is 9.69 Å². The molecule has 5 rings (SSSR count). The molecule has 1 aliphatic heterocycles. The molecule has 4 aromatic rings. The zero-order chi connectivity index (χ0) is 23.3. The van der Waals surface area contributed by atoms with E-state index in [1.54, 1.807) is 7.11 Å². The Morgan fingerprint density at radius 1 is 1.18 bits per heavy atom. The van der Waals surface area contributed by atoms with Crippen molar-refractivity contribution in [2.24, 2.45) is 0 Å². The first kappa shape index (κ1) is 22.2. The maximum atomic E-state index is 12.9. The van der Waals surface area contributed by atoms with E-state index in [-0.39, 0.29) is 11.7 Å². The van der Waals surface area contributed by atoms with Gasteiger partial charge in [-0.2, -0.15) is 0 Å². The summed E-state index contributed by atoms with van der Waals surface area (Å²) in [6.07, 6.45) is 2.20. The highest BCUT2D eigenvalue weighted by atomic mass is 16.5. The molecule has 2 aromatic carbocycles. The van der Waals surface area contributed by atoms with E-state index in [4.69, 9.17) is 9.47 Å². The van der Waals surface area contributed by atoms with Gasteiger partial charge in [-0.15, -0.1) is 5.10 Å². The third-order valence-electron chi connectivity index (χ3n) is 6.15. The third kappa shape index (κ3) is 5.16. The molecule has 0 aliphatic carbocycles. The number of ether oxygens (including phenoxy) is 2. The van der Waals surface area contributed by atoms with Crippen LogP contribution in [0.4, 0.5) is 0 Å². The van der Waals surface area contributed by atoms with E-state index in [9.17, 15) is 4.79 Å². The molecular weight excluding hydrogens is 432 g/mol. The molecule has 1 fully saturated rings. The largest absolute Gasteiger partial charge is 0.497 e. The van der Waals surface area contributed by atoms with Crippen LogP contribution in [0.25, 0.3) is 10.9 Å². The fourth-order valence-electron chi connectivity index (χ4n) is 4.39. The Morgan fingerprint density at radius 2 is 2.06 bits per heavy atom. The van der Waals surface area contributed by atoms with Gasteiger partial charge in [0.25, 0.3) is 5.56 Å². The molecule has 1 N–H and O–H groups in total. The average molecular weight is 461 g/mol. The Kier molecular flexibility index (Phi) is 6.64. The summed E-state index contributed by atoms with van der Waals surface area (Å²) in [5, 5.41) is 13.3. The number of hydrogen-bond acceptors (Lipinski definition) is 7. The molecule has 176 valence electrons. The standard InChI is InChI=1S/C25H28N6O3/c1-33-21-9-10-23-19(13-21)12-20(25(32)26-23)15-30(16-22-8-5-11-34-22)17-24-27-28-29-31(24)14-18-6-3-2-4-7-18/h2-4,6-7,9-10,12-13,22H,5,8,11,14-17H2,1H3,(H,26,32)/t22-/m0/s1. The van der Waals surface area contributed by atoms with Gasteiger partial charge in [-0.1, -0.05) is 30.3 Å². The molecule has 3 heterocycles. The van der Waals surface area contributed by atoms with Crippen LogP contribution < -0.4 is 10.3 Å².